The number of fused-ring (bicyclic) bond motifs is 1. The predicted octanol–water partition coefficient (Wildman–Crippen LogP) is -0.187. The van der Waals surface area contributed by atoms with E-state index in [0.717, 1.165) is 0 Å². The maximum atomic E-state index is 12.6. The van der Waals surface area contributed by atoms with Crippen molar-refractivity contribution in [3.05, 3.63) is 18.2 Å². The first-order valence-electron chi connectivity index (χ1n) is 7.57. The summed E-state index contributed by atoms with van der Waals surface area (Å²) in [6.07, 6.45) is 0. The van der Waals surface area contributed by atoms with Crippen LogP contribution in [0.2, 0.25) is 0 Å². The number of nitrogens with one attached hydrogen (secondary N) is 3. The Morgan fingerprint density at radius 2 is 2.08 bits per heavy atom. The Balaban J connectivity index is 1.77. The molecule has 0 radical (unpaired) electrons. The van der Waals surface area contributed by atoms with Crippen LogP contribution in [0.15, 0.2) is 18.2 Å². The molecule has 0 aromatic heterocycles. The van der Waals surface area contributed by atoms with Crippen molar-refractivity contribution in [2.45, 2.75) is 12.3 Å². The van der Waals surface area contributed by atoms with E-state index in [1.807, 2.05) is 0 Å². The summed E-state index contributed by atoms with van der Waals surface area (Å²) < 4.78 is 43.4. The van der Waals surface area contributed by atoms with Gasteiger partial charge >= 0.3 is 5.97 Å². The van der Waals surface area contributed by atoms with Crippen LogP contribution in [0.1, 0.15) is 6.92 Å². The third kappa shape index (κ3) is 3.40. The number of anilines is 1. The van der Waals surface area contributed by atoms with Crippen LogP contribution in [0.5, 0.6) is 11.5 Å². The van der Waals surface area contributed by atoms with E-state index in [-0.39, 0.29) is 13.2 Å². The summed E-state index contributed by atoms with van der Waals surface area (Å²) in [6.45, 7) is 2.90. The molecular weight excluding hydrogens is 338 g/mol. The van der Waals surface area contributed by atoms with Crippen LogP contribution in [0.3, 0.4) is 0 Å². The number of benzene rings is 1. The third-order valence-corrected chi connectivity index (χ3v) is 5.29. The first-order valence-corrected chi connectivity index (χ1v) is 9.12. The molecule has 10 heteroatoms. The Morgan fingerprint density at radius 3 is 2.83 bits per heavy atom. The van der Waals surface area contributed by atoms with Gasteiger partial charge < -0.3 is 14.2 Å². The van der Waals surface area contributed by atoms with Crippen LogP contribution in [-0.2, 0) is 19.6 Å². The molecule has 3 rings (SSSR count). The lowest BCUT2D eigenvalue weighted by Gasteiger charge is -2.21. The first-order chi connectivity index (χ1) is 11.5. The van der Waals surface area contributed by atoms with Crippen molar-refractivity contribution in [3.8, 4) is 11.5 Å². The minimum absolute atomic E-state index is 0.172. The molecule has 2 heterocycles. The SMILES string of the molecule is CCOC(=O)C1CNNC1S(=O)(=O)Nc1ccc2c(c1)OCCO2. The van der Waals surface area contributed by atoms with E-state index in [1.165, 1.54) is 0 Å². The number of hydrazine groups is 1. The molecule has 2 unspecified atom stereocenters. The normalized spacial score (nSPS) is 22.9. The van der Waals surface area contributed by atoms with Gasteiger partial charge in [0.05, 0.1) is 12.3 Å². The lowest BCUT2D eigenvalue weighted by atomic mass is 10.2. The van der Waals surface area contributed by atoms with Crippen molar-refractivity contribution in [3.63, 3.8) is 0 Å². The van der Waals surface area contributed by atoms with Crippen LogP contribution in [0.25, 0.3) is 0 Å². The number of esters is 1. The lowest BCUT2D eigenvalue weighted by Crippen LogP contribution is -2.44. The monoisotopic (exact) mass is 357 g/mol. The Hall–Kier alpha value is -2.04. The van der Waals surface area contributed by atoms with Gasteiger partial charge in [0.15, 0.2) is 16.9 Å². The van der Waals surface area contributed by atoms with Crippen LogP contribution in [0.4, 0.5) is 5.69 Å². The molecule has 9 nitrogen and oxygen atoms in total. The summed E-state index contributed by atoms with van der Waals surface area (Å²) >= 11 is 0. The molecule has 2 aliphatic heterocycles. The van der Waals surface area contributed by atoms with E-state index in [1.54, 1.807) is 25.1 Å². The van der Waals surface area contributed by atoms with E-state index >= 15 is 0 Å². The molecule has 1 aromatic rings. The quantitative estimate of drug-likeness (QED) is 0.622. The van der Waals surface area contributed by atoms with Gasteiger partial charge in [-0.1, -0.05) is 0 Å². The Labute approximate surface area is 139 Å². The molecule has 0 amide bonds. The number of rotatable bonds is 5. The molecule has 2 atom stereocenters. The van der Waals surface area contributed by atoms with Gasteiger partial charge in [0.25, 0.3) is 10.0 Å². The van der Waals surface area contributed by atoms with Crippen molar-refractivity contribution in [2.75, 3.05) is 31.1 Å². The molecule has 2 aliphatic rings. The molecule has 24 heavy (non-hydrogen) atoms. The van der Waals surface area contributed by atoms with Crippen LogP contribution < -0.4 is 25.0 Å². The van der Waals surface area contributed by atoms with Gasteiger partial charge in [0.1, 0.15) is 19.1 Å². The highest BCUT2D eigenvalue weighted by atomic mass is 32.2. The van der Waals surface area contributed by atoms with Gasteiger partial charge in [0, 0.05) is 12.6 Å². The van der Waals surface area contributed by atoms with E-state index < -0.39 is 27.3 Å². The average Bonchev–Trinajstić information content (AvgIpc) is 3.05. The van der Waals surface area contributed by atoms with Gasteiger partial charge in [-0.2, -0.15) is 0 Å². The zero-order valence-electron chi connectivity index (χ0n) is 13.1. The largest absolute Gasteiger partial charge is 0.486 e. The summed E-state index contributed by atoms with van der Waals surface area (Å²) in [5, 5.41) is -1.13. The second-order valence-corrected chi connectivity index (χ2v) is 7.11. The van der Waals surface area contributed by atoms with Gasteiger partial charge in [-0.3, -0.25) is 14.9 Å². The van der Waals surface area contributed by atoms with E-state index in [2.05, 4.69) is 15.6 Å². The minimum atomic E-state index is -3.87. The highest BCUT2D eigenvalue weighted by Crippen LogP contribution is 2.33. The topological polar surface area (TPSA) is 115 Å². The highest BCUT2D eigenvalue weighted by molar-refractivity contribution is 7.93. The minimum Gasteiger partial charge on any atom is -0.486 e. The summed E-state index contributed by atoms with van der Waals surface area (Å²) in [5.41, 5.74) is 5.63. The molecule has 1 saturated heterocycles. The molecule has 1 aromatic carbocycles. The maximum absolute atomic E-state index is 12.6. The van der Waals surface area contributed by atoms with Gasteiger partial charge in [0.2, 0.25) is 0 Å². The fourth-order valence-electron chi connectivity index (χ4n) is 2.56. The molecule has 1 fully saturated rings. The molecule has 0 saturated carbocycles. The Bertz CT molecular complexity index is 723. The second kappa shape index (κ2) is 6.83. The van der Waals surface area contributed by atoms with Crippen molar-refractivity contribution in [2.24, 2.45) is 5.92 Å². The molecule has 0 aliphatic carbocycles. The molecule has 132 valence electrons. The maximum Gasteiger partial charge on any atom is 0.313 e. The van der Waals surface area contributed by atoms with E-state index in [4.69, 9.17) is 14.2 Å². The van der Waals surface area contributed by atoms with Crippen molar-refractivity contribution >= 4 is 21.7 Å². The summed E-state index contributed by atoms with van der Waals surface area (Å²) in [5.74, 6) is -0.359. The summed E-state index contributed by atoms with van der Waals surface area (Å²) in [4.78, 5) is 11.9. The summed E-state index contributed by atoms with van der Waals surface area (Å²) in [7, 11) is -3.87. The number of carbonyl (C=O) groups is 1. The molecule has 0 spiro atoms. The van der Waals surface area contributed by atoms with Crippen LogP contribution >= 0.6 is 0 Å². The standard InChI is InChI=1S/C14H19N3O6S/c1-2-21-14(18)10-8-15-16-13(10)24(19,20)17-9-3-4-11-12(7-9)23-6-5-22-11/h3-4,7,10,13,15-17H,2,5-6,8H2,1H3. The third-order valence-electron chi connectivity index (χ3n) is 3.66. The van der Waals surface area contributed by atoms with Crippen molar-refractivity contribution in [1.29, 1.82) is 0 Å². The van der Waals surface area contributed by atoms with Crippen LogP contribution in [0, 0.1) is 5.92 Å². The molecule has 3 N–H and O–H groups in total. The highest BCUT2D eigenvalue weighted by Gasteiger charge is 2.42. The smallest absolute Gasteiger partial charge is 0.313 e. The Morgan fingerprint density at radius 1 is 1.33 bits per heavy atom. The lowest BCUT2D eigenvalue weighted by molar-refractivity contribution is -0.147. The molecule has 0 bridgehead atoms. The number of carbonyl (C=O) groups excluding carboxylic acids is 1. The van der Waals surface area contributed by atoms with E-state index in [9.17, 15) is 13.2 Å². The van der Waals surface area contributed by atoms with Gasteiger partial charge in [-0.15, -0.1) is 0 Å². The van der Waals surface area contributed by atoms with Gasteiger partial charge in [-0.05, 0) is 19.1 Å². The van der Waals surface area contributed by atoms with Crippen LogP contribution in [-0.4, -0.2) is 46.1 Å². The second-order valence-electron chi connectivity index (χ2n) is 5.31. The average molecular weight is 357 g/mol. The number of hydrogen-bond acceptors (Lipinski definition) is 8. The predicted molar refractivity (Wildman–Crippen MR) is 85.0 cm³/mol. The molecular formula is C14H19N3O6S. The van der Waals surface area contributed by atoms with Gasteiger partial charge in [-0.25, -0.2) is 13.8 Å². The number of sulfonamides is 1. The zero-order chi connectivity index (χ0) is 17.2. The summed E-state index contributed by atoms with van der Waals surface area (Å²) in [6, 6.07) is 4.76. The number of hydrogen-bond donors (Lipinski definition) is 3. The fraction of sp³-hybridized carbons (Fsp3) is 0.500. The zero-order valence-corrected chi connectivity index (χ0v) is 13.9. The fourth-order valence-corrected chi connectivity index (χ4v) is 4.02. The van der Waals surface area contributed by atoms with Crippen molar-refractivity contribution < 1.29 is 27.4 Å². The number of ether oxygens (including phenoxy) is 3. The van der Waals surface area contributed by atoms with Crippen molar-refractivity contribution in [1.82, 2.24) is 10.9 Å². The first kappa shape index (κ1) is 16.8. The van der Waals surface area contributed by atoms with E-state index in [0.29, 0.717) is 30.4 Å². The Kier molecular flexibility index (Phi) is 4.78.